The predicted octanol–water partition coefficient (Wildman–Crippen LogP) is 4.40. The third-order valence-electron chi connectivity index (χ3n) is 5.55. The van der Waals surface area contributed by atoms with Crippen molar-refractivity contribution in [3.63, 3.8) is 0 Å². The Kier molecular flexibility index (Phi) is 10.5. The average Bonchev–Trinajstić information content (AvgIpc) is 2.88. The first-order chi connectivity index (χ1) is 18.3. The number of ether oxygens (including phenoxy) is 2. The zero-order chi connectivity index (χ0) is 27.7. The predicted molar refractivity (Wildman–Crippen MR) is 150 cm³/mol. The minimum atomic E-state index is -0.684. The highest BCUT2D eigenvalue weighted by Gasteiger charge is 2.20. The Morgan fingerprint density at radius 1 is 1.21 bits per heavy atom. The van der Waals surface area contributed by atoms with E-state index in [-0.39, 0.29) is 35.0 Å². The maximum atomic E-state index is 13.5. The number of esters is 1. The molecule has 0 radical (unpaired) electrons. The summed E-state index contributed by atoms with van der Waals surface area (Å²) >= 11 is 3.38. The summed E-state index contributed by atoms with van der Waals surface area (Å²) in [7, 11) is 0. The summed E-state index contributed by atoms with van der Waals surface area (Å²) in [6.45, 7) is 10.5. The molecule has 0 saturated carbocycles. The van der Waals surface area contributed by atoms with Gasteiger partial charge in [0.15, 0.2) is 5.49 Å². The number of aryl methyl sites for hydroxylation is 2. The van der Waals surface area contributed by atoms with E-state index in [0.29, 0.717) is 42.0 Å². The second-order valence-corrected chi connectivity index (χ2v) is 9.28. The van der Waals surface area contributed by atoms with E-state index in [2.05, 4.69) is 27.5 Å². The van der Waals surface area contributed by atoms with Crippen LogP contribution in [-0.2, 0) is 20.8 Å². The van der Waals surface area contributed by atoms with E-state index in [4.69, 9.17) is 14.5 Å². The monoisotopic (exact) mass is 582 g/mol. The average molecular weight is 583 g/mol. The van der Waals surface area contributed by atoms with Gasteiger partial charge in [-0.15, -0.1) is 0 Å². The first kappa shape index (κ1) is 28.9. The quantitative estimate of drug-likeness (QED) is 0.144. The summed E-state index contributed by atoms with van der Waals surface area (Å²) in [5.74, 6) is -1.17. The van der Waals surface area contributed by atoms with Crippen molar-refractivity contribution in [1.29, 1.82) is 0 Å². The van der Waals surface area contributed by atoms with Gasteiger partial charge in [-0.2, -0.15) is 4.99 Å². The van der Waals surface area contributed by atoms with E-state index in [0.717, 1.165) is 5.56 Å². The van der Waals surface area contributed by atoms with Gasteiger partial charge in [-0.05, 0) is 44.9 Å². The van der Waals surface area contributed by atoms with E-state index in [1.807, 2.05) is 19.9 Å². The number of fused-ring (bicyclic) bond motifs is 2. The normalized spacial score (nSPS) is 12.5. The largest absolute Gasteiger partial charge is 0.462 e. The van der Waals surface area contributed by atoms with Gasteiger partial charge in [0.25, 0.3) is 11.5 Å². The van der Waals surface area contributed by atoms with Gasteiger partial charge in [0.1, 0.15) is 16.9 Å². The molecule has 9 nitrogen and oxygen atoms in total. The Labute approximate surface area is 229 Å². The molecule has 0 aromatic carbocycles. The zero-order valence-corrected chi connectivity index (χ0v) is 23.4. The first-order valence-corrected chi connectivity index (χ1v) is 13.1. The summed E-state index contributed by atoms with van der Waals surface area (Å²) in [4.78, 5) is 48.7. The molecule has 10 heteroatoms. The van der Waals surface area contributed by atoms with Crippen LogP contribution < -0.4 is 11.0 Å². The van der Waals surface area contributed by atoms with Crippen LogP contribution in [0.15, 0.2) is 69.5 Å². The van der Waals surface area contributed by atoms with E-state index in [1.54, 1.807) is 48.1 Å². The number of nitrogens with zero attached hydrogens (tertiary/aromatic N) is 4. The van der Waals surface area contributed by atoms with Gasteiger partial charge in [-0.1, -0.05) is 52.9 Å². The Hall–Kier alpha value is -3.63. The maximum absolute atomic E-state index is 13.5. The highest BCUT2D eigenvalue weighted by atomic mass is 79.9. The third-order valence-corrected chi connectivity index (χ3v) is 6.09. The van der Waals surface area contributed by atoms with Crippen molar-refractivity contribution in [3.8, 4) is 0 Å². The summed E-state index contributed by atoms with van der Waals surface area (Å²) < 4.78 is 14.5. The minimum Gasteiger partial charge on any atom is -0.462 e. The van der Waals surface area contributed by atoms with E-state index in [1.165, 1.54) is 10.5 Å². The molecular weight excluding hydrogens is 552 g/mol. The molecule has 3 aromatic rings. The molecule has 0 N–H and O–H groups in total. The fraction of sp³-hybridized carbons (Fsp3) is 0.321. The Morgan fingerprint density at radius 3 is 2.71 bits per heavy atom. The lowest BCUT2D eigenvalue weighted by atomic mass is 10.2. The smallest absolute Gasteiger partial charge is 0.341 e. The van der Waals surface area contributed by atoms with Crippen molar-refractivity contribution in [2.45, 2.75) is 40.2 Å². The number of amides is 1. The second-order valence-electron chi connectivity index (χ2n) is 8.26. The second kappa shape index (κ2) is 13.8. The maximum Gasteiger partial charge on any atom is 0.341 e. The number of allylic oxidation sites excluding steroid dienone is 4. The molecule has 38 heavy (non-hydrogen) atoms. The van der Waals surface area contributed by atoms with E-state index < -0.39 is 11.9 Å². The molecule has 0 aliphatic heterocycles. The van der Waals surface area contributed by atoms with Gasteiger partial charge >= 0.3 is 5.97 Å². The number of hydrogen-bond acceptors (Lipinski definition) is 6. The number of rotatable bonds is 11. The van der Waals surface area contributed by atoms with Crippen LogP contribution in [0.2, 0.25) is 0 Å². The van der Waals surface area contributed by atoms with Crippen molar-refractivity contribution < 1.29 is 19.1 Å². The third kappa shape index (κ3) is 6.81. The molecule has 0 aliphatic carbocycles. The molecule has 0 unspecified atom stereocenters. The highest BCUT2D eigenvalue weighted by molar-refractivity contribution is 9.11. The Bertz CT molecular complexity index is 1550. The number of pyridine rings is 2. The number of carbonyl (C=O) groups excluding carboxylic acids is 2. The Morgan fingerprint density at radius 2 is 2.00 bits per heavy atom. The fourth-order valence-corrected chi connectivity index (χ4v) is 4.24. The summed E-state index contributed by atoms with van der Waals surface area (Å²) in [6.07, 6.45) is 8.95. The molecule has 0 aliphatic rings. The lowest BCUT2D eigenvalue weighted by Gasteiger charge is -2.15. The fourth-order valence-electron chi connectivity index (χ4n) is 3.85. The van der Waals surface area contributed by atoms with Gasteiger partial charge in [0.2, 0.25) is 0 Å². The lowest BCUT2D eigenvalue weighted by molar-refractivity contribution is -0.117. The van der Waals surface area contributed by atoms with Crippen LogP contribution in [0.5, 0.6) is 0 Å². The zero-order valence-electron chi connectivity index (χ0n) is 21.8. The van der Waals surface area contributed by atoms with Crippen LogP contribution in [0, 0.1) is 6.92 Å². The van der Waals surface area contributed by atoms with E-state index in [9.17, 15) is 14.4 Å². The SMILES string of the molecule is C=C/C=C\C=C(\Br)CC(=O)N=c1c(C(=O)OCC)cc2c(=O)n3cccc(C)c3nc2n1CCCOCC. The van der Waals surface area contributed by atoms with E-state index >= 15 is 0 Å². The topological polar surface area (TPSA) is 104 Å². The molecule has 0 atom stereocenters. The number of carbonyl (C=O) groups is 2. The molecule has 200 valence electrons. The van der Waals surface area contributed by atoms with Crippen LogP contribution in [0.25, 0.3) is 16.7 Å². The summed E-state index contributed by atoms with van der Waals surface area (Å²) in [5, 5.41) is 0.217. The van der Waals surface area contributed by atoms with Crippen LogP contribution >= 0.6 is 15.9 Å². The van der Waals surface area contributed by atoms with Crippen molar-refractivity contribution in [2.24, 2.45) is 4.99 Å². The van der Waals surface area contributed by atoms with Crippen molar-refractivity contribution in [1.82, 2.24) is 14.0 Å². The molecule has 0 saturated heterocycles. The van der Waals surface area contributed by atoms with Crippen LogP contribution in [-0.4, -0.2) is 45.6 Å². The first-order valence-electron chi connectivity index (χ1n) is 12.3. The van der Waals surface area contributed by atoms with Gasteiger partial charge < -0.3 is 14.0 Å². The van der Waals surface area contributed by atoms with Gasteiger partial charge in [-0.3, -0.25) is 14.0 Å². The molecule has 0 bridgehead atoms. The number of halogens is 1. The van der Waals surface area contributed by atoms with Crippen molar-refractivity contribution in [2.75, 3.05) is 19.8 Å². The Balaban J connectivity index is 2.34. The number of aromatic nitrogens is 3. The minimum absolute atomic E-state index is 0.0160. The molecule has 1 amide bonds. The van der Waals surface area contributed by atoms with Crippen LogP contribution in [0.4, 0.5) is 0 Å². The molecule has 3 heterocycles. The van der Waals surface area contributed by atoms with Crippen LogP contribution in [0.1, 0.15) is 42.6 Å². The standard InChI is InChI=1S/C28H31BrN4O5/c1-5-8-9-13-20(29)17-23(34)30-26-22(28(36)38-7-3)18-21-25(32(26)15-11-16-37-6-2)31-24-19(4)12-10-14-33(24)27(21)35/h5,8-10,12-14,18H,1,6-7,11,15-17H2,2-4H3/b9-8-,20-13+,30-26?. The van der Waals surface area contributed by atoms with Gasteiger partial charge in [-0.25, -0.2) is 9.78 Å². The molecule has 0 fully saturated rings. The summed E-state index contributed by atoms with van der Waals surface area (Å²) in [5.41, 5.74) is 1.37. The highest BCUT2D eigenvalue weighted by Crippen LogP contribution is 2.15. The van der Waals surface area contributed by atoms with Gasteiger partial charge in [0, 0.05) is 30.4 Å². The lowest BCUT2D eigenvalue weighted by Crippen LogP contribution is -2.33. The molecule has 3 rings (SSSR count). The van der Waals surface area contributed by atoms with Crippen LogP contribution in [0.3, 0.4) is 0 Å². The molecular formula is C28H31BrN4O5. The molecule has 3 aromatic heterocycles. The molecule has 0 spiro atoms. The number of hydrogen-bond donors (Lipinski definition) is 0. The van der Waals surface area contributed by atoms with Crippen molar-refractivity contribution in [3.05, 3.63) is 86.7 Å². The van der Waals surface area contributed by atoms with Crippen molar-refractivity contribution >= 4 is 44.5 Å². The van der Waals surface area contributed by atoms with Gasteiger partial charge in [0.05, 0.1) is 18.4 Å². The summed E-state index contributed by atoms with van der Waals surface area (Å²) in [6, 6.07) is 5.04.